The molecule has 0 aliphatic rings. The maximum atomic E-state index is 11.6. The number of carbonyl (C=O) groups excluding carboxylic acids is 1. The molecule has 1 aromatic heterocycles. The molecule has 3 N–H and O–H groups in total. The summed E-state index contributed by atoms with van der Waals surface area (Å²) < 4.78 is 4.91. The first kappa shape index (κ1) is 12.5. The summed E-state index contributed by atoms with van der Waals surface area (Å²) in [6.07, 6.45) is 0. The summed E-state index contributed by atoms with van der Waals surface area (Å²) in [7, 11) is 0. The highest BCUT2D eigenvalue weighted by molar-refractivity contribution is 6.30. The highest BCUT2D eigenvalue weighted by Crippen LogP contribution is 2.26. The normalized spacial score (nSPS) is 10.3. The minimum atomic E-state index is -0.455. The lowest BCUT2D eigenvalue weighted by Gasteiger charge is -2.00. The quantitative estimate of drug-likeness (QED) is 0.837. The van der Waals surface area contributed by atoms with Crippen LogP contribution >= 0.6 is 11.6 Å². The van der Waals surface area contributed by atoms with Gasteiger partial charge in [-0.2, -0.15) is 0 Å². The number of esters is 1. The predicted octanol–water partition coefficient (Wildman–Crippen LogP) is 3.09. The molecule has 0 fully saturated rings. The molecule has 2 aromatic rings. The van der Waals surface area contributed by atoms with Crippen LogP contribution in [0.25, 0.3) is 11.3 Å². The summed E-state index contributed by atoms with van der Waals surface area (Å²) in [6.45, 7) is 2.05. The molecule has 0 radical (unpaired) electrons. The molecule has 0 bridgehead atoms. The molecule has 1 heterocycles. The third kappa shape index (κ3) is 2.49. The number of H-pyrrole nitrogens is 1. The first-order valence-corrected chi connectivity index (χ1v) is 5.91. The average Bonchev–Trinajstić information content (AvgIpc) is 2.72. The summed E-state index contributed by atoms with van der Waals surface area (Å²) in [6, 6.07) is 8.98. The van der Waals surface area contributed by atoms with Crippen LogP contribution in [0, 0.1) is 0 Å². The Morgan fingerprint density at radius 2 is 2.22 bits per heavy atom. The van der Waals surface area contributed by atoms with E-state index in [4.69, 9.17) is 22.1 Å². The molecule has 0 spiro atoms. The highest BCUT2D eigenvalue weighted by Gasteiger charge is 2.15. The number of halogens is 1. The van der Waals surface area contributed by atoms with E-state index < -0.39 is 5.97 Å². The van der Waals surface area contributed by atoms with Gasteiger partial charge in [0.2, 0.25) is 0 Å². The van der Waals surface area contributed by atoms with E-state index in [1.54, 1.807) is 25.1 Å². The molecule has 5 heteroatoms. The number of aromatic nitrogens is 1. The SMILES string of the molecule is CCOC(=O)c1[nH]c(-c2cccc(Cl)c2)cc1N. The standard InChI is InChI=1S/C13H13ClN2O2/c1-2-18-13(17)12-10(15)7-11(16-12)8-4-3-5-9(14)6-8/h3-7,16H,2,15H2,1H3. The summed E-state index contributed by atoms with van der Waals surface area (Å²) >= 11 is 5.92. The van der Waals surface area contributed by atoms with E-state index in [0.717, 1.165) is 11.3 Å². The van der Waals surface area contributed by atoms with E-state index >= 15 is 0 Å². The molecule has 0 aliphatic carbocycles. The van der Waals surface area contributed by atoms with Crippen molar-refractivity contribution < 1.29 is 9.53 Å². The zero-order chi connectivity index (χ0) is 13.1. The van der Waals surface area contributed by atoms with Crippen LogP contribution in [0.3, 0.4) is 0 Å². The third-order valence-corrected chi connectivity index (χ3v) is 2.70. The van der Waals surface area contributed by atoms with E-state index in [9.17, 15) is 4.79 Å². The van der Waals surface area contributed by atoms with Gasteiger partial charge in [0.15, 0.2) is 0 Å². The van der Waals surface area contributed by atoms with Gasteiger partial charge in [0, 0.05) is 10.7 Å². The second-order valence-corrected chi connectivity index (χ2v) is 4.18. The molecular formula is C13H13ClN2O2. The highest BCUT2D eigenvalue weighted by atomic mass is 35.5. The third-order valence-electron chi connectivity index (χ3n) is 2.46. The molecule has 0 atom stereocenters. The van der Waals surface area contributed by atoms with Crippen LogP contribution < -0.4 is 5.73 Å². The first-order valence-electron chi connectivity index (χ1n) is 5.53. The number of aromatic amines is 1. The number of hydrogen-bond acceptors (Lipinski definition) is 3. The molecule has 18 heavy (non-hydrogen) atoms. The van der Waals surface area contributed by atoms with Gasteiger partial charge in [-0.3, -0.25) is 0 Å². The van der Waals surface area contributed by atoms with Crippen molar-refractivity contribution >= 4 is 23.3 Å². The molecule has 0 unspecified atom stereocenters. The van der Waals surface area contributed by atoms with Gasteiger partial charge in [0.05, 0.1) is 12.3 Å². The van der Waals surface area contributed by atoms with Gasteiger partial charge in [-0.25, -0.2) is 4.79 Å². The Morgan fingerprint density at radius 1 is 1.44 bits per heavy atom. The Hall–Kier alpha value is -1.94. The number of rotatable bonds is 3. The van der Waals surface area contributed by atoms with E-state index in [1.165, 1.54) is 0 Å². The van der Waals surface area contributed by atoms with E-state index in [0.29, 0.717) is 17.3 Å². The molecule has 0 aliphatic heterocycles. The second-order valence-electron chi connectivity index (χ2n) is 3.74. The van der Waals surface area contributed by atoms with Crippen molar-refractivity contribution in [1.82, 2.24) is 4.98 Å². The number of hydrogen-bond donors (Lipinski definition) is 2. The van der Waals surface area contributed by atoms with Crippen LogP contribution in [-0.2, 0) is 4.74 Å². The minimum Gasteiger partial charge on any atom is -0.461 e. The average molecular weight is 265 g/mol. The molecule has 0 saturated carbocycles. The molecule has 2 rings (SSSR count). The lowest BCUT2D eigenvalue weighted by atomic mass is 10.1. The van der Waals surface area contributed by atoms with Crippen molar-refractivity contribution in [2.75, 3.05) is 12.3 Å². The molecular weight excluding hydrogens is 252 g/mol. The molecule has 0 amide bonds. The van der Waals surface area contributed by atoms with Crippen molar-refractivity contribution in [3.63, 3.8) is 0 Å². The maximum Gasteiger partial charge on any atom is 0.356 e. The summed E-state index contributed by atoms with van der Waals surface area (Å²) in [4.78, 5) is 14.6. The van der Waals surface area contributed by atoms with Crippen molar-refractivity contribution in [3.8, 4) is 11.3 Å². The fourth-order valence-corrected chi connectivity index (χ4v) is 1.84. The fraction of sp³-hybridized carbons (Fsp3) is 0.154. The van der Waals surface area contributed by atoms with Gasteiger partial charge in [-0.05, 0) is 30.7 Å². The smallest absolute Gasteiger partial charge is 0.356 e. The Labute approximate surface area is 110 Å². The van der Waals surface area contributed by atoms with Gasteiger partial charge in [0.25, 0.3) is 0 Å². The molecule has 94 valence electrons. The van der Waals surface area contributed by atoms with Crippen molar-refractivity contribution in [2.24, 2.45) is 0 Å². The Balaban J connectivity index is 2.37. The van der Waals surface area contributed by atoms with E-state index in [1.807, 2.05) is 12.1 Å². The molecule has 0 saturated heterocycles. The van der Waals surface area contributed by atoms with Crippen molar-refractivity contribution in [2.45, 2.75) is 6.92 Å². The van der Waals surface area contributed by atoms with Crippen molar-refractivity contribution in [3.05, 3.63) is 41.0 Å². The van der Waals surface area contributed by atoms with Crippen LogP contribution in [0.4, 0.5) is 5.69 Å². The van der Waals surface area contributed by atoms with Gasteiger partial charge in [0.1, 0.15) is 5.69 Å². The number of benzene rings is 1. The van der Waals surface area contributed by atoms with Crippen LogP contribution in [0.2, 0.25) is 5.02 Å². The lowest BCUT2D eigenvalue weighted by molar-refractivity contribution is 0.0521. The molecule has 4 nitrogen and oxygen atoms in total. The van der Waals surface area contributed by atoms with E-state index in [2.05, 4.69) is 4.98 Å². The Bertz CT molecular complexity index is 578. The largest absolute Gasteiger partial charge is 0.461 e. The zero-order valence-corrected chi connectivity index (χ0v) is 10.6. The van der Waals surface area contributed by atoms with Gasteiger partial charge < -0.3 is 15.5 Å². The minimum absolute atomic E-state index is 0.270. The fourth-order valence-electron chi connectivity index (χ4n) is 1.65. The summed E-state index contributed by atoms with van der Waals surface area (Å²) in [5.74, 6) is -0.455. The van der Waals surface area contributed by atoms with Crippen LogP contribution in [0.15, 0.2) is 30.3 Å². The van der Waals surface area contributed by atoms with Gasteiger partial charge in [-0.1, -0.05) is 23.7 Å². The second kappa shape index (κ2) is 5.14. The summed E-state index contributed by atoms with van der Waals surface area (Å²) in [5, 5.41) is 0.623. The van der Waals surface area contributed by atoms with Gasteiger partial charge in [-0.15, -0.1) is 0 Å². The van der Waals surface area contributed by atoms with Gasteiger partial charge >= 0.3 is 5.97 Å². The van der Waals surface area contributed by atoms with Crippen LogP contribution in [-0.4, -0.2) is 17.6 Å². The zero-order valence-electron chi connectivity index (χ0n) is 9.87. The number of carbonyl (C=O) groups is 1. The van der Waals surface area contributed by atoms with Crippen molar-refractivity contribution in [1.29, 1.82) is 0 Å². The number of anilines is 1. The number of nitrogens with one attached hydrogen (secondary N) is 1. The summed E-state index contributed by atoms with van der Waals surface area (Å²) in [5.41, 5.74) is 8.02. The molecule has 1 aromatic carbocycles. The number of nitrogens with two attached hydrogens (primary N) is 1. The number of ether oxygens (including phenoxy) is 1. The van der Waals surface area contributed by atoms with Crippen LogP contribution in [0.1, 0.15) is 17.4 Å². The monoisotopic (exact) mass is 264 g/mol. The van der Waals surface area contributed by atoms with E-state index in [-0.39, 0.29) is 5.69 Å². The number of nitrogen functional groups attached to an aromatic ring is 1. The van der Waals surface area contributed by atoms with Crippen LogP contribution in [0.5, 0.6) is 0 Å². The topological polar surface area (TPSA) is 68.1 Å². The lowest BCUT2D eigenvalue weighted by Crippen LogP contribution is -2.07. The maximum absolute atomic E-state index is 11.6. The Morgan fingerprint density at radius 3 is 2.89 bits per heavy atom. The predicted molar refractivity (Wildman–Crippen MR) is 71.6 cm³/mol. The Kier molecular flexibility index (Phi) is 3.58. The first-order chi connectivity index (χ1) is 8.61.